The Morgan fingerprint density at radius 1 is 1.44 bits per heavy atom. The number of rotatable bonds is 4. The minimum absolute atomic E-state index is 0.451. The van der Waals surface area contributed by atoms with Gasteiger partial charge in [0.25, 0.3) is 0 Å². The maximum atomic E-state index is 11.6. The van der Waals surface area contributed by atoms with Crippen LogP contribution in [0.3, 0.4) is 0 Å². The molecule has 90 valence electrons. The molecule has 5 nitrogen and oxygen atoms in total. The molecule has 0 aromatic carbocycles. The zero-order valence-electron chi connectivity index (χ0n) is 9.81. The number of anilines is 1. The normalized spacial score (nSPS) is 11.6. The van der Waals surface area contributed by atoms with Crippen molar-refractivity contribution in [2.45, 2.75) is 26.0 Å². The van der Waals surface area contributed by atoms with Gasteiger partial charge in [-0.2, -0.15) is 0 Å². The molecule has 1 rings (SSSR count). The number of hydrogen-bond donors (Lipinski definition) is 1. The number of aromatic nitrogens is 1. The molecule has 0 radical (unpaired) electrons. The van der Waals surface area contributed by atoms with Gasteiger partial charge in [0, 0.05) is 5.56 Å². The van der Waals surface area contributed by atoms with E-state index in [4.69, 9.17) is 4.74 Å². The number of ether oxygens (including phenoxy) is 1. The van der Waals surface area contributed by atoms with E-state index in [0.29, 0.717) is 11.6 Å². The molecule has 0 aliphatic carbocycles. The highest BCUT2D eigenvalue weighted by molar-refractivity contribution is 7.93. The Kier molecular flexibility index (Phi) is 3.74. The van der Waals surface area contributed by atoms with Gasteiger partial charge < -0.3 is 4.74 Å². The maximum Gasteiger partial charge on any atom is 0.235 e. The van der Waals surface area contributed by atoms with Gasteiger partial charge in [0.05, 0.1) is 24.2 Å². The standard InChI is InChI=1S/C10H16N2O3S/c1-7(2)16(13,14)12-9-5-8(3)10(15-4)11-6-9/h5-7,12H,1-4H3. The quantitative estimate of drug-likeness (QED) is 0.872. The molecule has 0 spiro atoms. The zero-order chi connectivity index (χ0) is 12.3. The summed E-state index contributed by atoms with van der Waals surface area (Å²) in [6.45, 7) is 5.04. The summed E-state index contributed by atoms with van der Waals surface area (Å²) in [6, 6.07) is 1.69. The van der Waals surface area contributed by atoms with Gasteiger partial charge in [-0.05, 0) is 26.8 Å². The van der Waals surface area contributed by atoms with Gasteiger partial charge >= 0.3 is 0 Å². The molecule has 0 aliphatic rings. The summed E-state index contributed by atoms with van der Waals surface area (Å²) >= 11 is 0. The Morgan fingerprint density at radius 3 is 2.50 bits per heavy atom. The molecule has 0 aliphatic heterocycles. The second-order valence-corrected chi connectivity index (χ2v) is 5.98. The Hall–Kier alpha value is -1.30. The van der Waals surface area contributed by atoms with Crippen LogP contribution in [0.25, 0.3) is 0 Å². The van der Waals surface area contributed by atoms with Crippen molar-refractivity contribution in [3.05, 3.63) is 17.8 Å². The number of nitrogens with zero attached hydrogens (tertiary/aromatic N) is 1. The molecule has 0 bridgehead atoms. The first-order chi connectivity index (χ1) is 7.36. The van der Waals surface area contributed by atoms with Gasteiger partial charge in [-0.3, -0.25) is 4.72 Å². The summed E-state index contributed by atoms with van der Waals surface area (Å²) < 4.78 is 30.6. The van der Waals surface area contributed by atoms with Crippen LogP contribution in [0.1, 0.15) is 19.4 Å². The molecule has 0 saturated heterocycles. The molecule has 1 heterocycles. The average molecular weight is 244 g/mol. The average Bonchev–Trinajstić information content (AvgIpc) is 2.17. The third-order valence-corrected chi connectivity index (χ3v) is 3.87. The number of methoxy groups -OCH3 is 1. The molecule has 1 aromatic rings. The van der Waals surface area contributed by atoms with Crippen LogP contribution < -0.4 is 9.46 Å². The van der Waals surface area contributed by atoms with Crippen molar-refractivity contribution in [1.82, 2.24) is 4.98 Å². The summed E-state index contributed by atoms with van der Waals surface area (Å²) in [6.07, 6.45) is 1.44. The second-order valence-electron chi connectivity index (χ2n) is 3.75. The van der Waals surface area contributed by atoms with E-state index >= 15 is 0 Å². The third kappa shape index (κ3) is 2.85. The molecule has 1 N–H and O–H groups in total. The van der Waals surface area contributed by atoms with E-state index in [0.717, 1.165) is 5.56 Å². The van der Waals surface area contributed by atoms with Gasteiger partial charge in [0.1, 0.15) is 0 Å². The van der Waals surface area contributed by atoms with Gasteiger partial charge in [-0.1, -0.05) is 0 Å². The van der Waals surface area contributed by atoms with Gasteiger partial charge in [-0.15, -0.1) is 0 Å². The molecule has 1 aromatic heterocycles. The molecular formula is C10H16N2O3S. The van der Waals surface area contributed by atoms with E-state index in [9.17, 15) is 8.42 Å². The van der Waals surface area contributed by atoms with Crippen molar-refractivity contribution in [3.8, 4) is 5.88 Å². The lowest BCUT2D eigenvalue weighted by molar-refractivity contribution is 0.395. The third-order valence-electron chi connectivity index (χ3n) is 2.10. The predicted octanol–water partition coefficient (Wildman–Crippen LogP) is 1.55. The Morgan fingerprint density at radius 2 is 2.06 bits per heavy atom. The number of nitrogens with one attached hydrogen (secondary N) is 1. The summed E-state index contributed by atoms with van der Waals surface area (Å²) in [5.74, 6) is 0.493. The molecule has 0 amide bonds. The second kappa shape index (κ2) is 4.69. The molecule has 16 heavy (non-hydrogen) atoms. The fraction of sp³-hybridized carbons (Fsp3) is 0.500. The van der Waals surface area contributed by atoms with Crippen LogP contribution in [0.5, 0.6) is 5.88 Å². The number of hydrogen-bond acceptors (Lipinski definition) is 4. The molecule has 0 atom stereocenters. The van der Waals surface area contributed by atoms with Crippen molar-refractivity contribution < 1.29 is 13.2 Å². The van der Waals surface area contributed by atoms with E-state index in [1.165, 1.54) is 13.3 Å². The van der Waals surface area contributed by atoms with Gasteiger partial charge in [0.2, 0.25) is 15.9 Å². The minimum Gasteiger partial charge on any atom is -0.481 e. The van der Waals surface area contributed by atoms with E-state index in [2.05, 4.69) is 9.71 Å². The summed E-state index contributed by atoms with van der Waals surface area (Å²) in [4.78, 5) is 3.99. The van der Waals surface area contributed by atoms with Crippen LogP contribution in [0.2, 0.25) is 0 Å². The predicted molar refractivity (Wildman–Crippen MR) is 63.2 cm³/mol. The number of pyridine rings is 1. The van der Waals surface area contributed by atoms with Crippen LogP contribution >= 0.6 is 0 Å². The molecule has 0 saturated carbocycles. The Bertz CT molecular complexity index is 469. The van der Waals surface area contributed by atoms with Crippen LogP contribution in [-0.2, 0) is 10.0 Å². The first-order valence-corrected chi connectivity index (χ1v) is 6.43. The molecule has 0 fully saturated rings. The van der Waals surface area contributed by atoms with E-state index in [1.54, 1.807) is 26.8 Å². The van der Waals surface area contributed by atoms with Crippen molar-refractivity contribution >= 4 is 15.7 Å². The summed E-state index contributed by atoms with van der Waals surface area (Å²) in [5, 5.41) is -0.477. The highest BCUT2D eigenvalue weighted by Crippen LogP contribution is 2.19. The maximum absolute atomic E-state index is 11.6. The highest BCUT2D eigenvalue weighted by Gasteiger charge is 2.16. The lowest BCUT2D eigenvalue weighted by Gasteiger charge is -2.11. The van der Waals surface area contributed by atoms with Crippen molar-refractivity contribution in [1.29, 1.82) is 0 Å². The lowest BCUT2D eigenvalue weighted by Crippen LogP contribution is -2.22. The minimum atomic E-state index is -3.32. The van der Waals surface area contributed by atoms with Crippen LogP contribution in [-0.4, -0.2) is 25.8 Å². The largest absolute Gasteiger partial charge is 0.481 e. The van der Waals surface area contributed by atoms with Gasteiger partial charge in [0.15, 0.2) is 0 Å². The van der Waals surface area contributed by atoms with Crippen LogP contribution in [0.15, 0.2) is 12.3 Å². The van der Waals surface area contributed by atoms with E-state index in [-0.39, 0.29) is 0 Å². The Balaban J connectivity index is 2.96. The van der Waals surface area contributed by atoms with E-state index in [1.807, 2.05) is 0 Å². The van der Waals surface area contributed by atoms with Crippen LogP contribution in [0.4, 0.5) is 5.69 Å². The van der Waals surface area contributed by atoms with Crippen LogP contribution in [0, 0.1) is 6.92 Å². The summed E-state index contributed by atoms with van der Waals surface area (Å²) in [5.41, 5.74) is 1.23. The smallest absolute Gasteiger partial charge is 0.235 e. The monoisotopic (exact) mass is 244 g/mol. The van der Waals surface area contributed by atoms with Gasteiger partial charge in [-0.25, -0.2) is 13.4 Å². The number of aryl methyl sites for hydroxylation is 1. The fourth-order valence-electron chi connectivity index (χ4n) is 1.11. The number of sulfonamides is 1. The Labute approximate surface area is 95.9 Å². The zero-order valence-corrected chi connectivity index (χ0v) is 10.6. The molecule has 6 heteroatoms. The highest BCUT2D eigenvalue weighted by atomic mass is 32.2. The van der Waals surface area contributed by atoms with Crippen molar-refractivity contribution in [3.63, 3.8) is 0 Å². The topological polar surface area (TPSA) is 68.3 Å². The first-order valence-electron chi connectivity index (χ1n) is 4.89. The molecule has 0 unspecified atom stereocenters. The first kappa shape index (κ1) is 12.8. The van der Waals surface area contributed by atoms with Crippen molar-refractivity contribution in [2.75, 3.05) is 11.8 Å². The van der Waals surface area contributed by atoms with Crippen molar-refractivity contribution in [2.24, 2.45) is 0 Å². The fourth-order valence-corrected chi connectivity index (χ4v) is 1.79. The lowest BCUT2D eigenvalue weighted by atomic mass is 10.3. The van der Waals surface area contributed by atoms with E-state index < -0.39 is 15.3 Å². The summed E-state index contributed by atoms with van der Waals surface area (Å²) in [7, 11) is -1.80. The SMILES string of the molecule is COc1ncc(NS(=O)(=O)C(C)C)cc1C. The molecular weight excluding hydrogens is 228 g/mol.